The third-order valence-corrected chi connectivity index (χ3v) is 3.59. The van der Waals surface area contributed by atoms with Crippen molar-refractivity contribution in [2.24, 2.45) is 5.73 Å². The summed E-state index contributed by atoms with van der Waals surface area (Å²) in [5.74, 6) is 0.503. The van der Waals surface area contributed by atoms with Crippen LogP contribution in [0.2, 0.25) is 0 Å². The number of imidazole rings is 1. The first-order valence-corrected chi connectivity index (χ1v) is 7.65. The zero-order chi connectivity index (χ0) is 15.2. The van der Waals surface area contributed by atoms with Crippen molar-refractivity contribution < 1.29 is 4.79 Å². The Bertz CT molecular complexity index is 592. The van der Waals surface area contributed by atoms with Gasteiger partial charge in [0.15, 0.2) is 0 Å². The second-order valence-electron chi connectivity index (χ2n) is 5.07. The lowest BCUT2D eigenvalue weighted by molar-refractivity contribution is -0.116. The summed E-state index contributed by atoms with van der Waals surface area (Å²) in [7, 11) is 0. The molecule has 6 heteroatoms. The van der Waals surface area contributed by atoms with Gasteiger partial charge >= 0.3 is 0 Å². The number of rotatable bonds is 6. The minimum atomic E-state index is -0.0597. The molecule has 0 aliphatic heterocycles. The van der Waals surface area contributed by atoms with Gasteiger partial charge in [-0.25, -0.2) is 4.98 Å². The van der Waals surface area contributed by atoms with E-state index in [0.29, 0.717) is 25.3 Å². The Kier molecular flexibility index (Phi) is 5.52. The molecule has 2 rings (SSSR count). The SMILES string of the molecule is CC(N)CCC(=O)Nc1nccn1Cc1ccc(Br)cc1. The van der Waals surface area contributed by atoms with Gasteiger partial charge in [0.2, 0.25) is 11.9 Å². The number of amides is 1. The Morgan fingerprint density at radius 2 is 2.14 bits per heavy atom. The first-order valence-electron chi connectivity index (χ1n) is 6.85. The van der Waals surface area contributed by atoms with Crippen LogP contribution in [-0.2, 0) is 11.3 Å². The number of halogens is 1. The number of carbonyl (C=O) groups excluding carboxylic acids is 1. The highest BCUT2D eigenvalue weighted by molar-refractivity contribution is 9.10. The number of benzene rings is 1. The zero-order valence-electron chi connectivity index (χ0n) is 11.9. The van der Waals surface area contributed by atoms with E-state index < -0.39 is 0 Å². The molecule has 1 amide bonds. The van der Waals surface area contributed by atoms with Crippen LogP contribution < -0.4 is 11.1 Å². The normalized spacial score (nSPS) is 12.1. The Morgan fingerprint density at radius 3 is 2.81 bits per heavy atom. The minimum Gasteiger partial charge on any atom is -0.328 e. The molecule has 0 fully saturated rings. The van der Waals surface area contributed by atoms with Gasteiger partial charge in [0.25, 0.3) is 0 Å². The van der Waals surface area contributed by atoms with Crippen LogP contribution in [-0.4, -0.2) is 21.5 Å². The van der Waals surface area contributed by atoms with Crippen molar-refractivity contribution in [2.45, 2.75) is 32.4 Å². The standard InChI is InChI=1S/C15H19BrN4O/c1-11(17)2-7-14(21)19-15-18-8-9-20(15)10-12-3-5-13(16)6-4-12/h3-6,8-9,11H,2,7,10,17H2,1H3,(H,18,19,21). The largest absolute Gasteiger partial charge is 0.328 e. The number of carbonyl (C=O) groups is 1. The Balaban J connectivity index is 1.98. The number of nitrogens with one attached hydrogen (secondary N) is 1. The van der Waals surface area contributed by atoms with Gasteiger partial charge in [0, 0.05) is 29.3 Å². The highest BCUT2D eigenvalue weighted by Crippen LogP contribution is 2.14. The predicted octanol–water partition coefficient (Wildman–Crippen LogP) is 2.76. The van der Waals surface area contributed by atoms with Crippen molar-refractivity contribution in [2.75, 3.05) is 5.32 Å². The highest BCUT2D eigenvalue weighted by Gasteiger charge is 2.09. The van der Waals surface area contributed by atoms with Crippen LogP contribution in [0.1, 0.15) is 25.3 Å². The third kappa shape index (κ3) is 4.99. The molecule has 3 N–H and O–H groups in total. The monoisotopic (exact) mass is 350 g/mol. The van der Waals surface area contributed by atoms with E-state index in [-0.39, 0.29) is 11.9 Å². The van der Waals surface area contributed by atoms with E-state index in [9.17, 15) is 4.79 Å². The van der Waals surface area contributed by atoms with Gasteiger partial charge in [-0.2, -0.15) is 0 Å². The number of nitrogens with zero attached hydrogens (tertiary/aromatic N) is 2. The van der Waals surface area contributed by atoms with Crippen LogP contribution in [0.15, 0.2) is 41.1 Å². The average molecular weight is 351 g/mol. The molecule has 0 spiro atoms. The third-order valence-electron chi connectivity index (χ3n) is 3.06. The van der Waals surface area contributed by atoms with E-state index >= 15 is 0 Å². The molecule has 1 atom stereocenters. The van der Waals surface area contributed by atoms with Crippen LogP contribution in [0.25, 0.3) is 0 Å². The highest BCUT2D eigenvalue weighted by atomic mass is 79.9. The summed E-state index contributed by atoms with van der Waals surface area (Å²) in [6.45, 7) is 2.55. The summed E-state index contributed by atoms with van der Waals surface area (Å²) in [6.07, 6.45) is 4.60. The first kappa shape index (κ1) is 15.7. The summed E-state index contributed by atoms with van der Waals surface area (Å²) in [5, 5.41) is 2.83. The molecule has 0 saturated heterocycles. The van der Waals surface area contributed by atoms with E-state index in [0.717, 1.165) is 10.0 Å². The quantitative estimate of drug-likeness (QED) is 0.841. The smallest absolute Gasteiger partial charge is 0.226 e. The summed E-state index contributed by atoms with van der Waals surface area (Å²) in [6, 6.07) is 8.08. The van der Waals surface area contributed by atoms with Crippen molar-refractivity contribution in [3.8, 4) is 0 Å². The minimum absolute atomic E-state index is 0.0262. The number of hydrogen-bond donors (Lipinski definition) is 2. The topological polar surface area (TPSA) is 72.9 Å². The van der Waals surface area contributed by atoms with Crippen molar-refractivity contribution >= 4 is 27.8 Å². The van der Waals surface area contributed by atoms with Crippen LogP contribution in [0.5, 0.6) is 0 Å². The lowest BCUT2D eigenvalue weighted by Gasteiger charge is -2.10. The maximum Gasteiger partial charge on any atom is 0.226 e. The van der Waals surface area contributed by atoms with Crippen LogP contribution >= 0.6 is 15.9 Å². The summed E-state index contributed by atoms with van der Waals surface area (Å²) in [5.41, 5.74) is 6.79. The van der Waals surface area contributed by atoms with E-state index in [1.54, 1.807) is 6.20 Å². The first-order chi connectivity index (χ1) is 10.0. The second-order valence-corrected chi connectivity index (χ2v) is 5.99. The van der Waals surface area contributed by atoms with Crippen molar-refractivity contribution in [3.05, 3.63) is 46.7 Å². The Hall–Kier alpha value is -1.66. The van der Waals surface area contributed by atoms with Gasteiger partial charge in [0.1, 0.15) is 0 Å². The van der Waals surface area contributed by atoms with Crippen molar-refractivity contribution in [1.29, 1.82) is 0 Å². The molecular formula is C15H19BrN4O. The molecule has 21 heavy (non-hydrogen) atoms. The van der Waals surface area contributed by atoms with Crippen LogP contribution in [0, 0.1) is 0 Å². The number of hydrogen-bond acceptors (Lipinski definition) is 3. The molecule has 1 aromatic heterocycles. The van der Waals surface area contributed by atoms with E-state index in [1.165, 1.54) is 0 Å². The molecular weight excluding hydrogens is 332 g/mol. The molecule has 5 nitrogen and oxygen atoms in total. The molecule has 0 bridgehead atoms. The summed E-state index contributed by atoms with van der Waals surface area (Å²) < 4.78 is 2.95. The maximum atomic E-state index is 11.8. The van der Waals surface area contributed by atoms with E-state index in [2.05, 4.69) is 26.2 Å². The Morgan fingerprint density at radius 1 is 1.43 bits per heavy atom. The lowest BCUT2D eigenvalue weighted by atomic mass is 10.2. The van der Waals surface area contributed by atoms with Crippen LogP contribution in [0.3, 0.4) is 0 Å². The molecule has 0 aliphatic carbocycles. The molecule has 1 heterocycles. The fourth-order valence-electron chi connectivity index (χ4n) is 1.89. The molecule has 1 aromatic carbocycles. The van der Waals surface area contributed by atoms with E-state index in [1.807, 2.05) is 42.0 Å². The maximum absolute atomic E-state index is 11.8. The average Bonchev–Trinajstić information content (AvgIpc) is 2.86. The molecule has 0 aliphatic rings. The van der Waals surface area contributed by atoms with Crippen LogP contribution in [0.4, 0.5) is 5.95 Å². The summed E-state index contributed by atoms with van der Waals surface area (Å²) in [4.78, 5) is 16.0. The Labute approximate surface area is 132 Å². The number of anilines is 1. The van der Waals surface area contributed by atoms with Gasteiger partial charge in [-0.1, -0.05) is 28.1 Å². The molecule has 2 aromatic rings. The molecule has 0 saturated carbocycles. The van der Waals surface area contributed by atoms with Gasteiger partial charge in [-0.05, 0) is 31.0 Å². The summed E-state index contributed by atoms with van der Waals surface area (Å²) >= 11 is 3.41. The second kappa shape index (κ2) is 7.38. The molecule has 112 valence electrons. The van der Waals surface area contributed by atoms with Gasteiger partial charge < -0.3 is 10.3 Å². The molecule has 0 radical (unpaired) electrons. The van der Waals surface area contributed by atoms with Crippen molar-refractivity contribution in [3.63, 3.8) is 0 Å². The lowest BCUT2D eigenvalue weighted by Crippen LogP contribution is -2.21. The predicted molar refractivity (Wildman–Crippen MR) is 87.0 cm³/mol. The van der Waals surface area contributed by atoms with Gasteiger partial charge in [-0.3, -0.25) is 10.1 Å². The zero-order valence-corrected chi connectivity index (χ0v) is 13.5. The van der Waals surface area contributed by atoms with E-state index in [4.69, 9.17) is 5.73 Å². The van der Waals surface area contributed by atoms with Crippen molar-refractivity contribution in [1.82, 2.24) is 9.55 Å². The fraction of sp³-hybridized carbons (Fsp3) is 0.333. The number of nitrogens with two attached hydrogens (primary N) is 1. The fourth-order valence-corrected chi connectivity index (χ4v) is 2.16. The number of aromatic nitrogens is 2. The van der Waals surface area contributed by atoms with Gasteiger partial charge in [-0.15, -0.1) is 0 Å². The molecule has 1 unspecified atom stereocenters. The van der Waals surface area contributed by atoms with Gasteiger partial charge in [0.05, 0.1) is 6.54 Å².